The molecule has 2 atom stereocenters. The quantitative estimate of drug-likeness (QED) is 0.712. The number of hydrogen-bond acceptors (Lipinski definition) is 6. The Morgan fingerprint density at radius 1 is 1.23 bits per heavy atom. The summed E-state index contributed by atoms with van der Waals surface area (Å²) in [7, 11) is 0. The summed E-state index contributed by atoms with van der Waals surface area (Å²) >= 11 is 0. The molecule has 4 rings (SSSR count). The molecule has 0 saturated carbocycles. The molecule has 2 unspecified atom stereocenters. The normalized spacial score (nSPS) is 20.8. The summed E-state index contributed by atoms with van der Waals surface area (Å²) in [6, 6.07) is 10.5. The summed E-state index contributed by atoms with van der Waals surface area (Å²) in [5, 5.41) is 19.2. The van der Waals surface area contributed by atoms with Crippen LogP contribution in [0.2, 0.25) is 0 Å². The van der Waals surface area contributed by atoms with Crippen LogP contribution in [0.25, 0.3) is 0 Å². The molecule has 2 bridgehead atoms. The van der Waals surface area contributed by atoms with E-state index in [1.54, 1.807) is 0 Å². The molecule has 2 aromatic rings. The topological polar surface area (TPSA) is 97.4 Å². The molecule has 2 fully saturated rings. The minimum Gasteiger partial charge on any atom is -0.385 e. The van der Waals surface area contributed by atoms with Crippen LogP contribution < -0.4 is 10.6 Å². The zero-order chi connectivity index (χ0) is 21.1. The molecule has 0 aliphatic carbocycles. The number of hydrogen-bond donors (Lipinski definition) is 2. The lowest BCUT2D eigenvalue weighted by molar-refractivity contribution is 0.0870. The van der Waals surface area contributed by atoms with E-state index in [1.807, 2.05) is 43.0 Å². The number of aryl methyl sites for hydroxylation is 2. The molecule has 0 spiro atoms. The van der Waals surface area contributed by atoms with Gasteiger partial charge in [-0.05, 0) is 57.4 Å². The van der Waals surface area contributed by atoms with Crippen molar-refractivity contribution in [2.24, 2.45) is 0 Å². The van der Waals surface area contributed by atoms with Gasteiger partial charge in [-0.15, -0.1) is 0 Å². The van der Waals surface area contributed by atoms with E-state index >= 15 is 0 Å². The second kappa shape index (κ2) is 8.76. The molecular weight excluding hydrogens is 380 g/mol. The summed E-state index contributed by atoms with van der Waals surface area (Å²) in [5.41, 5.74) is 3.10. The highest BCUT2D eigenvalue weighted by molar-refractivity contribution is 5.90. The molecule has 2 aliphatic rings. The maximum Gasteiger partial charge on any atom is 0.322 e. The largest absolute Gasteiger partial charge is 0.385 e. The molecule has 158 valence electrons. The van der Waals surface area contributed by atoms with Crippen molar-refractivity contribution in [3.05, 3.63) is 41.3 Å². The predicted octanol–water partition coefficient (Wildman–Crippen LogP) is 3.35. The number of nitrogens with zero attached hydrogens (tertiary/aromatic N) is 4. The highest BCUT2D eigenvalue weighted by Crippen LogP contribution is 2.31. The molecule has 1 aromatic heterocycles. The van der Waals surface area contributed by atoms with Crippen LogP contribution in [0, 0.1) is 25.2 Å². The zero-order valence-corrected chi connectivity index (χ0v) is 17.5. The fourth-order valence-electron chi connectivity index (χ4n) is 4.53. The van der Waals surface area contributed by atoms with E-state index in [4.69, 9.17) is 9.78 Å². The lowest BCUT2D eigenvalue weighted by Gasteiger charge is -2.41. The van der Waals surface area contributed by atoms with E-state index in [1.165, 1.54) is 0 Å². The van der Waals surface area contributed by atoms with Gasteiger partial charge < -0.3 is 20.1 Å². The van der Waals surface area contributed by atoms with Gasteiger partial charge in [0.25, 0.3) is 0 Å². The Kier molecular flexibility index (Phi) is 5.91. The van der Waals surface area contributed by atoms with E-state index < -0.39 is 0 Å². The summed E-state index contributed by atoms with van der Waals surface area (Å²) in [6.07, 6.45) is 3.32. The molecule has 2 amide bonds. The number of piperazine rings is 1. The number of anilines is 2. The van der Waals surface area contributed by atoms with Crippen molar-refractivity contribution in [1.29, 1.82) is 5.26 Å². The lowest BCUT2D eigenvalue weighted by atomic mass is 10.1. The number of fused-ring (bicyclic) bond motifs is 2. The summed E-state index contributed by atoms with van der Waals surface area (Å²) in [6.45, 7) is 7.07. The molecule has 8 nitrogen and oxygen atoms in total. The first-order valence-corrected chi connectivity index (χ1v) is 10.5. The minimum atomic E-state index is -0.0663. The van der Waals surface area contributed by atoms with Crippen LogP contribution in [0.4, 0.5) is 16.2 Å². The van der Waals surface area contributed by atoms with Crippen LogP contribution in [-0.2, 0) is 0 Å². The van der Waals surface area contributed by atoms with Crippen LogP contribution in [0.5, 0.6) is 0 Å². The molecule has 8 heteroatoms. The first-order chi connectivity index (χ1) is 14.5. The van der Waals surface area contributed by atoms with Gasteiger partial charge in [0.05, 0.1) is 11.6 Å². The third-order valence-electron chi connectivity index (χ3n) is 6.12. The van der Waals surface area contributed by atoms with Gasteiger partial charge in [0, 0.05) is 44.0 Å². The van der Waals surface area contributed by atoms with Gasteiger partial charge in [-0.3, -0.25) is 4.90 Å². The van der Waals surface area contributed by atoms with Crippen molar-refractivity contribution in [3.8, 4) is 6.07 Å². The van der Waals surface area contributed by atoms with Gasteiger partial charge in [0.1, 0.15) is 11.4 Å². The maximum absolute atomic E-state index is 12.8. The van der Waals surface area contributed by atoms with Crippen LogP contribution in [-0.4, -0.2) is 59.3 Å². The van der Waals surface area contributed by atoms with Gasteiger partial charge in [0.15, 0.2) is 5.76 Å². The van der Waals surface area contributed by atoms with Gasteiger partial charge in [0.2, 0.25) is 0 Å². The Bertz CT molecular complexity index is 899. The smallest absolute Gasteiger partial charge is 0.322 e. The summed E-state index contributed by atoms with van der Waals surface area (Å²) in [5.74, 6) is 0.636. The number of nitrogens with one attached hydrogen (secondary N) is 2. The number of nitriles is 1. The van der Waals surface area contributed by atoms with Crippen LogP contribution in [0.3, 0.4) is 0 Å². The highest BCUT2D eigenvalue weighted by Gasteiger charge is 2.41. The van der Waals surface area contributed by atoms with Gasteiger partial charge in [-0.1, -0.05) is 5.16 Å². The minimum absolute atomic E-state index is 0.0663. The van der Waals surface area contributed by atoms with Gasteiger partial charge in [-0.25, -0.2) is 4.79 Å². The monoisotopic (exact) mass is 408 g/mol. The Labute approximate surface area is 176 Å². The zero-order valence-electron chi connectivity index (χ0n) is 17.5. The second-order valence-electron chi connectivity index (χ2n) is 8.13. The van der Waals surface area contributed by atoms with Crippen molar-refractivity contribution >= 4 is 17.4 Å². The number of benzene rings is 1. The Morgan fingerprint density at radius 2 is 1.93 bits per heavy atom. The molecule has 0 radical (unpaired) electrons. The SMILES string of the molecule is Cc1noc(C)c1NC(=O)N1CC2CCC(C1)N2CCCNc1ccc(C#N)cc1. The number of carbonyl (C=O) groups is 1. The maximum atomic E-state index is 12.8. The van der Waals surface area contributed by atoms with E-state index in [2.05, 4.69) is 26.8 Å². The number of likely N-dealkylation sites (tertiary alicyclic amines) is 1. The molecule has 1 aromatic carbocycles. The molecule has 2 N–H and O–H groups in total. The standard InChI is InChI=1S/C22H28N6O2/c1-15-21(16(2)30-26-15)25-22(29)27-13-19-8-9-20(14-27)28(19)11-3-10-24-18-6-4-17(12-23)5-7-18/h4-7,19-20,24H,3,8-11,13-14H2,1-2H3,(H,25,29). The fraction of sp³-hybridized carbons (Fsp3) is 0.500. The van der Waals surface area contributed by atoms with Crippen LogP contribution in [0.1, 0.15) is 36.3 Å². The molecule has 30 heavy (non-hydrogen) atoms. The number of carbonyl (C=O) groups excluding carboxylic acids is 1. The van der Waals surface area contributed by atoms with E-state index in [-0.39, 0.29) is 6.03 Å². The second-order valence-corrected chi connectivity index (χ2v) is 8.13. The third kappa shape index (κ3) is 4.26. The number of aromatic nitrogens is 1. The van der Waals surface area contributed by atoms with Crippen molar-refractivity contribution in [1.82, 2.24) is 15.0 Å². The molecular formula is C22H28N6O2. The first-order valence-electron chi connectivity index (χ1n) is 10.5. The number of rotatable bonds is 6. The molecule has 3 heterocycles. The van der Waals surface area contributed by atoms with Gasteiger partial charge in [-0.2, -0.15) is 5.26 Å². The fourth-order valence-corrected chi connectivity index (χ4v) is 4.53. The first kappa shape index (κ1) is 20.2. The van der Waals surface area contributed by atoms with E-state index in [0.29, 0.717) is 34.8 Å². The average Bonchev–Trinajstić information content (AvgIpc) is 3.19. The Morgan fingerprint density at radius 3 is 2.53 bits per heavy atom. The van der Waals surface area contributed by atoms with Crippen molar-refractivity contribution in [2.45, 2.75) is 45.2 Å². The molecule has 2 saturated heterocycles. The van der Waals surface area contributed by atoms with Crippen LogP contribution in [0.15, 0.2) is 28.8 Å². The Balaban J connectivity index is 1.25. The summed E-state index contributed by atoms with van der Waals surface area (Å²) in [4.78, 5) is 17.3. The van der Waals surface area contributed by atoms with Crippen LogP contribution >= 0.6 is 0 Å². The number of urea groups is 1. The van der Waals surface area contributed by atoms with Crippen molar-refractivity contribution < 1.29 is 9.32 Å². The van der Waals surface area contributed by atoms with E-state index in [9.17, 15) is 4.79 Å². The average molecular weight is 409 g/mol. The summed E-state index contributed by atoms with van der Waals surface area (Å²) < 4.78 is 5.14. The van der Waals surface area contributed by atoms with Gasteiger partial charge >= 0.3 is 6.03 Å². The third-order valence-corrected chi connectivity index (χ3v) is 6.12. The van der Waals surface area contributed by atoms with E-state index in [0.717, 1.165) is 51.1 Å². The van der Waals surface area contributed by atoms with Crippen molar-refractivity contribution in [3.63, 3.8) is 0 Å². The van der Waals surface area contributed by atoms with Crippen molar-refractivity contribution in [2.75, 3.05) is 36.8 Å². The predicted molar refractivity (Wildman–Crippen MR) is 114 cm³/mol. The Hall–Kier alpha value is -3.05. The number of amides is 2. The highest BCUT2D eigenvalue weighted by atomic mass is 16.5. The lowest BCUT2D eigenvalue weighted by Crippen LogP contribution is -2.56. The molecule has 2 aliphatic heterocycles.